The molecule has 0 saturated carbocycles. The van der Waals surface area contributed by atoms with E-state index >= 15 is 0 Å². The Morgan fingerprint density at radius 1 is 1.03 bits per heavy atom. The Kier molecular flexibility index (Phi) is 5.50. The molecule has 1 unspecified atom stereocenters. The monoisotopic (exact) mass is 399 g/mol. The fourth-order valence-corrected chi connectivity index (χ4v) is 3.53. The first-order chi connectivity index (χ1) is 13.6. The average Bonchev–Trinajstić information content (AvgIpc) is 2.90. The van der Waals surface area contributed by atoms with Crippen LogP contribution >= 0.6 is 0 Å². The summed E-state index contributed by atoms with van der Waals surface area (Å²) in [4.78, 5) is 36.3. The van der Waals surface area contributed by atoms with Crippen LogP contribution in [0.3, 0.4) is 0 Å². The second kappa shape index (κ2) is 7.73. The lowest BCUT2D eigenvalue weighted by molar-refractivity contribution is -0.142. The van der Waals surface area contributed by atoms with Crippen LogP contribution in [0.1, 0.15) is 42.7 Å². The van der Waals surface area contributed by atoms with Gasteiger partial charge in [-0.1, -0.05) is 13.8 Å². The van der Waals surface area contributed by atoms with E-state index in [4.69, 9.17) is 8.83 Å². The number of carbonyl (C=O) groups excluding carboxylic acids is 1. The van der Waals surface area contributed by atoms with Gasteiger partial charge in [-0.25, -0.2) is 9.59 Å². The van der Waals surface area contributed by atoms with Gasteiger partial charge >= 0.3 is 11.6 Å². The molecule has 29 heavy (non-hydrogen) atoms. The predicted octanol–water partition coefficient (Wildman–Crippen LogP) is 3.62. The molecule has 2 N–H and O–H groups in total. The molecular weight excluding hydrogens is 374 g/mol. The van der Waals surface area contributed by atoms with Crippen molar-refractivity contribution in [3.05, 3.63) is 45.0 Å². The smallest absolute Gasteiger partial charge is 0.340 e. The van der Waals surface area contributed by atoms with Crippen LogP contribution in [0.25, 0.3) is 21.9 Å². The number of fused-ring (bicyclic) bond motifs is 2. The number of aryl methyl sites for hydroxylation is 3. The number of benzene rings is 1. The Morgan fingerprint density at radius 3 is 2.28 bits per heavy atom. The van der Waals surface area contributed by atoms with Crippen molar-refractivity contribution in [2.45, 2.75) is 53.5 Å². The van der Waals surface area contributed by atoms with E-state index < -0.39 is 23.5 Å². The Balaban J connectivity index is 1.97. The van der Waals surface area contributed by atoms with Crippen LogP contribution in [-0.2, 0) is 16.0 Å². The highest BCUT2D eigenvalue weighted by molar-refractivity contribution is 5.97. The van der Waals surface area contributed by atoms with Crippen LogP contribution < -0.4 is 10.9 Å². The molecule has 2 heterocycles. The summed E-state index contributed by atoms with van der Waals surface area (Å²) in [7, 11) is 0. The van der Waals surface area contributed by atoms with Crippen LogP contribution in [-0.4, -0.2) is 23.0 Å². The molecule has 0 fully saturated rings. The number of rotatable bonds is 6. The van der Waals surface area contributed by atoms with Crippen molar-refractivity contribution in [1.29, 1.82) is 0 Å². The Bertz CT molecular complexity index is 1170. The summed E-state index contributed by atoms with van der Waals surface area (Å²) in [6.07, 6.45) is 0.0664. The van der Waals surface area contributed by atoms with E-state index in [0.29, 0.717) is 23.2 Å². The number of furan rings is 1. The maximum Gasteiger partial charge on any atom is 0.340 e. The van der Waals surface area contributed by atoms with Crippen molar-refractivity contribution in [1.82, 2.24) is 5.32 Å². The highest BCUT2D eigenvalue weighted by Crippen LogP contribution is 2.31. The van der Waals surface area contributed by atoms with Gasteiger partial charge in [0.25, 0.3) is 0 Å². The van der Waals surface area contributed by atoms with Crippen molar-refractivity contribution in [3.63, 3.8) is 0 Å². The number of nitrogens with one attached hydrogen (secondary N) is 1. The Morgan fingerprint density at radius 2 is 1.66 bits per heavy atom. The number of carboxylic acids is 1. The van der Waals surface area contributed by atoms with Crippen LogP contribution in [0.15, 0.2) is 25.8 Å². The second-order valence-electron chi connectivity index (χ2n) is 7.89. The second-order valence-corrected chi connectivity index (χ2v) is 7.89. The summed E-state index contributed by atoms with van der Waals surface area (Å²) in [5.74, 6) is -0.723. The zero-order valence-electron chi connectivity index (χ0n) is 17.2. The molecule has 0 saturated heterocycles. The Labute approximate surface area is 167 Å². The first-order valence-corrected chi connectivity index (χ1v) is 9.56. The summed E-state index contributed by atoms with van der Waals surface area (Å²) in [6.45, 7) is 9.35. The normalized spacial score (nSPS) is 12.6. The summed E-state index contributed by atoms with van der Waals surface area (Å²) >= 11 is 0. The van der Waals surface area contributed by atoms with Crippen LogP contribution in [0.4, 0.5) is 0 Å². The minimum Gasteiger partial charge on any atom is -0.480 e. The third-order valence-electron chi connectivity index (χ3n) is 5.26. The van der Waals surface area contributed by atoms with Crippen LogP contribution in [0.5, 0.6) is 0 Å². The fraction of sp³-hybridized carbons (Fsp3) is 0.409. The highest BCUT2D eigenvalue weighted by atomic mass is 16.4. The molecule has 2 aromatic heterocycles. The lowest BCUT2D eigenvalue weighted by atomic mass is 10.0. The molecule has 3 aromatic rings. The number of hydrogen-bond acceptors (Lipinski definition) is 5. The molecule has 1 atom stereocenters. The van der Waals surface area contributed by atoms with Gasteiger partial charge in [0.2, 0.25) is 5.91 Å². The number of hydrogen-bond donors (Lipinski definition) is 2. The number of aliphatic carboxylic acids is 1. The first-order valence-electron chi connectivity index (χ1n) is 9.56. The van der Waals surface area contributed by atoms with Gasteiger partial charge in [0.15, 0.2) is 0 Å². The lowest BCUT2D eigenvalue weighted by Crippen LogP contribution is -2.42. The van der Waals surface area contributed by atoms with E-state index in [1.54, 1.807) is 13.0 Å². The SMILES string of the molecule is Cc1oc2cc3oc(=O)c(CC(=O)NC(CC(C)C)C(=O)O)c(C)c3cc2c1C. The summed E-state index contributed by atoms with van der Waals surface area (Å²) in [5.41, 5.74) is 2.29. The van der Waals surface area contributed by atoms with Crippen molar-refractivity contribution in [3.8, 4) is 0 Å². The van der Waals surface area contributed by atoms with Gasteiger partial charge in [-0.05, 0) is 50.3 Å². The molecular formula is C22H25NO6. The summed E-state index contributed by atoms with van der Waals surface area (Å²) < 4.78 is 11.1. The van der Waals surface area contributed by atoms with Crippen molar-refractivity contribution in [2.75, 3.05) is 0 Å². The van der Waals surface area contributed by atoms with E-state index in [1.807, 2.05) is 33.8 Å². The molecule has 7 heteroatoms. The van der Waals surface area contributed by atoms with Gasteiger partial charge in [-0.15, -0.1) is 0 Å². The third-order valence-corrected chi connectivity index (χ3v) is 5.26. The standard InChI is InChI=1S/C22H25NO6/c1-10(2)6-17(21(25)26)23-20(24)8-16-12(4)15-7-14-11(3)13(5)28-18(14)9-19(15)29-22(16)27/h7,9-10,17H,6,8H2,1-5H3,(H,23,24)(H,25,26). The van der Waals surface area contributed by atoms with E-state index in [9.17, 15) is 19.5 Å². The van der Waals surface area contributed by atoms with Gasteiger partial charge in [0.1, 0.15) is 23.0 Å². The zero-order valence-corrected chi connectivity index (χ0v) is 17.2. The minimum atomic E-state index is -1.09. The summed E-state index contributed by atoms with van der Waals surface area (Å²) in [6, 6.07) is 2.59. The molecule has 0 bridgehead atoms. The zero-order chi connectivity index (χ0) is 21.5. The van der Waals surface area contributed by atoms with Crippen molar-refractivity contribution < 1.29 is 23.5 Å². The molecule has 0 spiro atoms. The molecule has 0 radical (unpaired) electrons. The van der Waals surface area contributed by atoms with Gasteiger partial charge in [0.05, 0.1) is 12.0 Å². The largest absolute Gasteiger partial charge is 0.480 e. The van der Waals surface area contributed by atoms with Crippen LogP contribution in [0, 0.1) is 26.7 Å². The molecule has 7 nitrogen and oxygen atoms in total. The topological polar surface area (TPSA) is 110 Å². The van der Waals surface area contributed by atoms with E-state index in [2.05, 4.69) is 5.32 Å². The van der Waals surface area contributed by atoms with Gasteiger partial charge in [0, 0.05) is 16.8 Å². The molecule has 0 aliphatic heterocycles. The van der Waals surface area contributed by atoms with E-state index in [-0.39, 0.29) is 17.9 Å². The Hall–Kier alpha value is -3.09. The van der Waals surface area contributed by atoms with E-state index in [0.717, 1.165) is 22.1 Å². The van der Waals surface area contributed by atoms with Gasteiger partial charge in [-0.3, -0.25) is 4.79 Å². The summed E-state index contributed by atoms with van der Waals surface area (Å²) in [5, 5.41) is 13.5. The maximum atomic E-state index is 12.5. The molecule has 1 amide bonds. The minimum absolute atomic E-state index is 0.105. The quantitative estimate of drug-likeness (QED) is 0.613. The molecule has 3 rings (SSSR count). The van der Waals surface area contributed by atoms with Gasteiger partial charge < -0.3 is 19.3 Å². The van der Waals surface area contributed by atoms with Crippen molar-refractivity contribution >= 4 is 33.8 Å². The van der Waals surface area contributed by atoms with Crippen molar-refractivity contribution in [2.24, 2.45) is 5.92 Å². The fourth-order valence-electron chi connectivity index (χ4n) is 3.53. The average molecular weight is 399 g/mol. The number of amides is 1. The number of carboxylic acid groups (broad SMARTS) is 1. The predicted molar refractivity (Wildman–Crippen MR) is 109 cm³/mol. The maximum absolute atomic E-state index is 12.5. The van der Waals surface area contributed by atoms with Crippen LogP contribution in [0.2, 0.25) is 0 Å². The molecule has 1 aromatic carbocycles. The molecule has 0 aliphatic carbocycles. The lowest BCUT2D eigenvalue weighted by Gasteiger charge is -2.16. The van der Waals surface area contributed by atoms with Gasteiger partial charge in [-0.2, -0.15) is 0 Å². The number of carbonyl (C=O) groups is 2. The first kappa shape index (κ1) is 20.6. The molecule has 154 valence electrons. The third kappa shape index (κ3) is 4.04. The highest BCUT2D eigenvalue weighted by Gasteiger charge is 2.23. The molecule has 0 aliphatic rings. The van der Waals surface area contributed by atoms with E-state index in [1.165, 1.54) is 0 Å².